The van der Waals surface area contributed by atoms with E-state index in [9.17, 15) is 0 Å². The SMILES string of the molecule is O=C(O)O.c1cnc(C2=NCCN2)nc1. The number of hydrogen-bond donors (Lipinski definition) is 3. The fourth-order valence-electron chi connectivity index (χ4n) is 0.969. The maximum Gasteiger partial charge on any atom is 0.503 e. The number of aromatic nitrogens is 2. The molecule has 0 radical (unpaired) electrons. The molecule has 1 aromatic rings. The summed E-state index contributed by atoms with van der Waals surface area (Å²) in [5, 5.41) is 17.0. The van der Waals surface area contributed by atoms with Crippen molar-refractivity contribution in [3.05, 3.63) is 24.3 Å². The number of hydrogen-bond acceptors (Lipinski definition) is 5. The van der Waals surface area contributed by atoms with Crippen molar-refractivity contribution in [1.82, 2.24) is 15.3 Å². The van der Waals surface area contributed by atoms with E-state index in [0.29, 0.717) is 5.82 Å². The van der Waals surface area contributed by atoms with E-state index in [4.69, 9.17) is 15.0 Å². The fraction of sp³-hybridized carbons (Fsp3) is 0.250. The standard InChI is InChI=1S/C7H8N4.CH2O3/c1-2-8-6(9-3-1)7-10-4-5-11-7;2-1(3)4/h1-3H,4-5H2,(H,10,11);(H2,2,3,4). The monoisotopic (exact) mass is 210 g/mol. The Morgan fingerprint density at radius 3 is 2.40 bits per heavy atom. The second kappa shape index (κ2) is 5.53. The van der Waals surface area contributed by atoms with Gasteiger partial charge < -0.3 is 15.5 Å². The largest absolute Gasteiger partial charge is 0.503 e. The van der Waals surface area contributed by atoms with Gasteiger partial charge in [0.1, 0.15) is 0 Å². The second-order valence-corrected chi connectivity index (χ2v) is 2.51. The smallest absolute Gasteiger partial charge is 0.450 e. The van der Waals surface area contributed by atoms with Crippen LogP contribution in [0.15, 0.2) is 23.5 Å². The molecule has 1 aliphatic rings. The predicted molar refractivity (Wildman–Crippen MR) is 52.1 cm³/mol. The van der Waals surface area contributed by atoms with Gasteiger partial charge in [-0.05, 0) is 6.07 Å². The van der Waals surface area contributed by atoms with Crippen molar-refractivity contribution in [2.45, 2.75) is 0 Å². The third-order valence-electron chi connectivity index (χ3n) is 1.45. The van der Waals surface area contributed by atoms with Crippen molar-refractivity contribution in [3.8, 4) is 0 Å². The van der Waals surface area contributed by atoms with Gasteiger partial charge in [0.05, 0.1) is 6.54 Å². The highest BCUT2D eigenvalue weighted by Gasteiger charge is 2.08. The molecule has 0 spiro atoms. The molecule has 15 heavy (non-hydrogen) atoms. The van der Waals surface area contributed by atoms with Crippen molar-refractivity contribution in [3.63, 3.8) is 0 Å². The van der Waals surface area contributed by atoms with Gasteiger partial charge in [-0.3, -0.25) is 4.99 Å². The summed E-state index contributed by atoms with van der Waals surface area (Å²) in [5.41, 5.74) is 0. The lowest BCUT2D eigenvalue weighted by atomic mass is 10.5. The Hall–Kier alpha value is -2.18. The Bertz CT molecular complexity index is 348. The Kier molecular flexibility index (Phi) is 4.02. The average Bonchev–Trinajstić information content (AvgIpc) is 2.71. The van der Waals surface area contributed by atoms with Crippen LogP contribution < -0.4 is 5.32 Å². The molecule has 80 valence electrons. The lowest BCUT2D eigenvalue weighted by Gasteiger charge is -1.97. The first-order valence-electron chi connectivity index (χ1n) is 4.18. The zero-order valence-electron chi connectivity index (χ0n) is 7.79. The van der Waals surface area contributed by atoms with E-state index in [0.717, 1.165) is 18.9 Å². The molecule has 7 heteroatoms. The normalized spacial score (nSPS) is 13.2. The third kappa shape index (κ3) is 4.03. The minimum atomic E-state index is -1.83. The second-order valence-electron chi connectivity index (χ2n) is 2.51. The van der Waals surface area contributed by atoms with E-state index in [-0.39, 0.29) is 0 Å². The maximum absolute atomic E-state index is 8.56. The zero-order chi connectivity index (χ0) is 11.1. The van der Waals surface area contributed by atoms with Gasteiger partial charge in [0, 0.05) is 18.9 Å². The Balaban J connectivity index is 0.000000245. The van der Waals surface area contributed by atoms with Crippen LogP contribution in [0.5, 0.6) is 0 Å². The summed E-state index contributed by atoms with van der Waals surface area (Å²) >= 11 is 0. The predicted octanol–water partition coefficient (Wildman–Crippen LogP) is 0.0488. The summed E-state index contributed by atoms with van der Waals surface area (Å²) in [4.78, 5) is 20.9. The van der Waals surface area contributed by atoms with Crippen LogP contribution in [-0.4, -0.2) is 45.3 Å². The number of rotatable bonds is 1. The number of nitrogens with one attached hydrogen (secondary N) is 1. The number of amidine groups is 1. The van der Waals surface area contributed by atoms with Gasteiger partial charge in [0.25, 0.3) is 0 Å². The van der Waals surface area contributed by atoms with Crippen LogP contribution in [0.4, 0.5) is 4.79 Å². The van der Waals surface area contributed by atoms with Crippen molar-refractivity contribution in [2.75, 3.05) is 13.1 Å². The molecule has 1 aliphatic heterocycles. The molecule has 0 atom stereocenters. The minimum Gasteiger partial charge on any atom is -0.450 e. The summed E-state index contributed by atoms with van der Waals surface area (Å²) in [7, 11) is 0. The van der Waals surface area contributed by atoms with E-state index < -0.39 is 6.16 Å². The van der Waals surface area contributed by atoms with E-state index in [2.05, 4.69) is 20.3 Å². The van der Waals surface area contributed by atoms with Gasteiger partial charge in [-0.2, -0.15) is 0 Å². The molecule has 0 saturated carbocycles. The first-order valence-corrected chi connectivity index (χ1v) is 4.18. The Labute approximate surface area is 85.5 Å². The van der Waals surface area contributed by atoms with Crippen molar-refractivity contribution in [1.29, 1.82) is 0 Å². The summed E-state index contributed by atoms with van der Waals surface area (Å²) < 4.78 is 0. The third-order valence-corrected chi connectivity index (χ3v) is 1.45. The highest BCUT2D eigenvalue weighted by atomic mass is 16.6. The molecule has 7 nitrogen and oxygen atoms in total. The van der Waals surface area contributed by atoms with Gasteiger partial charge in [-0.15, -0.1) is 0 Å². The molecule has 0 amide bonds. The van der Waals surface area contributed by atoms with Crippen molar-refractivity contribution < 1.29 is 15.0 Å². The molecular formula is C8H10N4O3. The molecule has 1 aromatic heterocycles. The van der Waals surface area contributed by atoms with E-state index >= 15 is 0 Å². The van der Waals surface area contributed by atoms with Gasteiger partial charge in [0.15, 0.2) is 11.7 Å². The molecule has 2 rings (SSSR count). The van der Waals surface area contributed by atoms with Gasteiger partial charge in [-0.1, -0.05) is 0 Å². The Morgan fingerprint density at radius 2 is 1.93 bits per heavy atom. The highest BCUT2D eigenvalue weighted by Crippen LogP contribution is 1.93. The minimum absolute atomic E-state index is 0.685. The fourth-order valence-corrected chi connectivity index (χ4v) is 0.969. The summed E-state index contributed by atoms with van der Waals surface area (Å²) in [6.07, 6.45) is 1.59. The molecule has 3 N–H and O–H groups in total. The first-order chi connectivity index (χ1) is 7.20. The topological polar surface area (TPSA) is 108 Å². The van der Waals surface area contributed by atoms with Crippen molar-refractivity contribution >= 4 is 12.0 Å². The molecular weight excluding hydrogens is 200 g/mol. The van der Waals surface area contributed by atoms with E-state index in [1.807, 2.05) is 0 Å². The number of carboxylic acid groups (broad SMARTS) is 2. The van der Waals surface area contributed by atoms with Crippen LogP contribution in [0.1, 0.15) is 5.82 Å². The van der Waals surface area contributed by atoms with Gasteiger partial charge in [-0.25, -0.2) is 14.8 Å². The molecule has 0 aromatic carbocycles. The van der Waals surface area contributed by atoms with Crippen LogP contribution in [0.25, 0.3) is 0 Å². The van der Waals surface area contributed by atoms with Crippen LogP contribution in [0, 0.1) is 0 Å². The molecule has 0 unspecified atom stereocenters. The van der Waals surface area contributed by atoms with Crippen LogP contribution >= 0.6 is 0 Å². The maximum atomic E-state index is 8.56. The van der Waals surface area contributed by atoms with Crippen LogP contribution in [0.3, 0.4) is 0 Å². The zero-order valence-corrected chi connectivity index (χ0v) is 7.79. The molecule has 0 bridgehead atoms. The lowest BCUT2D eigenvalue weighted by Crippen LogP contribution is -2.21. The number of aliphatic imine (C=N–C) groups is 1. The van der Waals surface area contributed by atoms with E-state index in [1.165, 1.54) is 0 Å². The number of carbonyl (C=O) groups is 1. The lowest BCUT2D eigenvalue weighted by molar-refractivity contribution is 0.137. The summed E-state index contributed by atoms with van der Waals surface area (Å²) in [6, 6.07) is 1.79. The summed E-state index contributed by atoms with van der Waals surface area (Å²) in [6.45, 7) is 1.72. The quantitative estimate of drug-likeness (QED) is 0.604. The average molecular weight is 210 g/mol. The molecule has 0 saturated heterocycles. The number of nitrogens with zero attached hydrogens (tertiary/aromatic N) is 3. The van der Waals surface area contributed by atoms with Gasteiger partial charge in [0.2, 0.25) is 0 Å². The van der Waals surface area contributed by atoms with Gasteiger partial charge >= 0.3 is 6.16 Å². The first kappa shape index (κ1) is 10.9. The van der Waals surface area contributed by atoms with Crippen LogP contribution in [-0.2, 0) is 0 Å². The van der Waals surface area contributed by atoms with Crippen LogP contribution in [0.2, 0.25) is 0 Å². The Morgan fingerprint density at radius 1 is 1.33 bits per heavy atom. The molecule has 0 aliphatic carbocycles. The molecule has 0 fully saturated rings. The van der Waals surface area contributed by atoms with Crippen molar-refractivity contribution in [2.24, 2.45) is 4.99 Å². The molecule has 2 heterocycles. The highest BCUT2D eigenvalue weighted by molar-refractivity contribution is 5.96. The van der Waals surface area contributed by atoms with E-state index in [1.54, 1.807) is 18.5 Å². The summed E-state index contributed by atoms with van der Waals surface area (Å²) in [5.74, 6) is 1.50.